The average Bonchev–Trinajstić information content (AvgIpc) is 2.99. The van der Waals surface area contributed by atoms with Crippen LogP contribution in [0.4, 0.5) is 22.7 Å². The Morgan fingerprint density at radius 2 is 1.70 bits per heavy atom. The number of fused-ring (bicyclic) bond motifs is 1. The maximum Gasteiger partial charge on any atom is 0.259 e. The average molecular weight is 874 g/mol. The van der Waals surface area contributed by atoms with Gasteiger partial charge in [0.05, 0.1) is 89.8 Å². The predicted octanol–water partition coefficient (Wildman–Crippen LogP) is 10.7. The molecule has 0 N–H and O–H groups in total. The zero-order chi connectivity index (χ0) is 34.0. The molecule has 250 valence electrons. The molecule has 2 aromatic rings. The maximum absolute atomic E-state index is 9.71. The molecule has 0 radical (unpaired) electrons. The van der Waals surface area contributed by atoms with Crippen LogP contribution in [0.2, 0.25) is 0 Å². The lowest BCUT2D eigenvalue weighted by atomic mass is 9.79. The summed E-state index contributed by atoms with van der Waals surface area (Å²) in [5.41, 5.74) is 4.85. The van der Waals surface area contributed by atoms with Gasteiger partial charge in [0.25, 0.3) is 8.53 Å². The number of rotatable bonds is 16. The molecule has 1 heterocycles. The fourth-order valence-electron chi connectivity index (χ4n) is 5.90. The second-order valence-corrected chi connectivity index (χ2v) is 17.7. The fourth-order valence-corrected chi connectivity index (χ4v) is 8.13. The van der Waals surface area contributed by atoms with Gasteiger partial charge in [0, 0.05) is 35.9 Å². The van der Waals surface area contributed by atoms with Gasteiger partial charge in [-0.2, -0.15) is 10.5 Å². The third-order valence-corrected chi connectivity index (χ3v) is 11.1. The molecule has 0 aliphatic carbocycles. The van der Waals surface area contributed by atoms with Crippen LogP contribution in [0.25, 0.3) is 0 Å². The van der Waals surface area contributed by atoms with Crippen molar-refractivity contribution >= 4 is 77.0 Å². The minimum absolute atomic E-state index is 0.0466. The number of unbranched alkanes of at least 4 members (excludes halogenated alkanes) is 1. The molecule has 1 aliphatic heterocycles. The van der Waals surface area contributed by atoms with E-state index < -0.39 is 8.53 Å². The minimum atomic E-state index is -1.24. The van der Waals surface area contributed by atoms with Gasteiger partial charge < -0.3 is 18.7 Å². The van der Waals surface area contributed by atoms with Crippen molar-refractivity contribution in [2.24, 2.45) is 10.2 Å². The van der Waals surface area contributed by atoms with E-state index >= 15 is 0 Å². The van der Waals surface area contributed by atoms with E-state index in [1.165, 1.54) is 5.56 Å². The number of methoxy groups -OCH3 is 1. The van der Waals surface area contributed by atoms with Gasteiger partial charge in [0.1, 0.15) is 23.2 Å². The molecule has 46 heavy (non-hydrogen) atoms. The lowest BCUT2D eigenvalue weighted by Gasteiger charge is -2.48. The molecule has 0 spiro atoms. The molecule has 2 unspecified atom stereocenters. The first-order valence-corrected chi connectivity index (χ1v) is 18.7. The van der Waals surface area contributed by atoms with Gasteiger partial charge in [-0.25, -0.2) is 4.67 Å². The maximum atomic E-state index is 9.71. The number of nitrogens with zero attached hydrogens (tertiary/aromatic N) is 7. The number of benzene rings is 2. The van der Waals surface area contributed by atoms with Crippen molar-refractivity contribution in [3.63, 3.8) is 0 Å². The Kier molecular flexibility index (Phi) is 15.2. The zero-order valence-electron chi connectivity index (χ0n) is 28.1. The highest BCUT2D eigenvalue weighted by atomic mass is 127. The summed E-state index contributed by atoms with van der Waals surface area (Å²) >= 11 is 4.32. The van der Waals surface area contributed by atoms with E-state index in [-0.39, 0.29) is 17.6 Å². The quantitative estimate of drug-likeness (QED) is 0.0539. The number of hydrogen-bond donors (Lipinski definition) is 0. The van der Waals surface area contributed by atoms with Crippen LogP contribution in [0.1, 0.15) is 91.2 Å². The lowest BCUT2D eigenvalue weighted by molar-refractivity contribution is 0.174. The molecule has 10 nitrogen and oxygen atoms in total. The normalized spacial score (nSPS) is 16.5. The number of ether oxygens (including phenoxy) is 1. The molecule has 2 aromatic carbocycles. The van der Waals surface area contributed by atoms with Gasteiger partial charge in [-0.3, -0.25) is 1.33 Å². The Morgan fingerprint density at radius 3 is 2.30 bits per heavy atom. The van der Waals surface area contributed by atoms with Gasteiger partial charge in [0.2, 0.25) is 0 Å². The monoisotopic (exact) mass is 873 g/mol. The summed E-state index contributed by atoms with van der Waals surface area (Å²) < 4.78 is 22.4. The van der Waals surface area contributed by atoms with Crippen molar-refractivity contribution in [2.75, 3.05) is 33.1 Å². The van der Waals surface area contributed by atoms with Crippen molar-refractivity contribution in [1.29, 1.82) is 10.5 Å². The number of azo groups is 1. The highest BCUT2D eigenvalue weighted by Crippen LogP contribution is 2.49. The number of hydrogen-bond acceptors (Lipinski definition) is 10. The highest BCUT2D eigenvalue weighted by Gasteiger charge is 2.37. The van der Waals surface area contributed by atoms with Crippen LogP contribution in [-0.2, 0) is 9.05 Å². The summed E-state index contributed by atoms with van der Waals surface area (Å²) in [5.74, 6) is 0.966. The summed E-state index contributed by atoms with van der Waals surface area (Å²) in [4.78, 5) is 2.48. The summed E-state index contributed by atoms with van der Waals surface area (Å²) in [5, 5.41) is 27.7. The Bertz CT molecular complexity index is 1420. The Hall–Kier alpha value is -1.81. The third-order valence-electron chi connectivity index (χ3n) is 7.89. The van der Waals surface area contributed by atoms with E-state index in [4.69, 9.17) is 19.0 Å². The van der Waals surface area contributed by atoms with Crippen LogP contribution in [0.3, 0.4) is 0 Å². The second-order valence-electron chi connectivity index (χ2n) is 12.5. The number of anilines is 2. The first kappa shape index (κ1) is 38.6. The van der Waals surface area contributed by atoms with E-state index in [1.54, 1.807) is 13.2 Å². The summed E-state index contributed by atoms with van der Waals surface area (Å²) in [6.07, 6.45) is 3.19. The van der Waals surface area contributed by atoms with E-state index in [9.17, 15) is 5.26 Å². The molecule has 0 amide bonds. The van der Waals surface area contributed by atoms with Crippen LogP contribution in [0, 0.1) is 22.7 Å². The van der Waals surface area contributed by atoms with Crippen LogP contribution in [0.5, 0.6) is 5.75 Å². The lowest BCUT2D eigenvalue weighted by Crippen LogP contribution is -2.48. The molecule has 1 aliphatic rings. The van der Waals surface area contributed by atoms with Gasteiger partial charge >= 0.3 is 0 Å². The van der Waals surface area contributed by atoms with Gasteiger partial charge in [-0.15, -0.1) is 10.2 Å². The molecule has 0 fully saturated rings. The standard InChI is InChI=1S/C33H46I2N7O3P/c1-23(2)41(24(3)4)46(45-17-11-14-36)44-16-10-9-15-40-31-20-32(43-8)30(19-28(31)25(5)21-33(40,6)7)39-38-29-13-12-27(42(34)35)18-26(29)22-37/h12-13,18-20,23-25H,9-11,15-17,21H2,1-8H3/b39-38+. The first-order valence-electron chi connectivity index (χ1n) is 15.6. The SMILES string of the molecule is COc1cc2c(cc1/N=N/c1ccc(N(I)I)cc1C#N)C(C)CC(C)(C)N2CCCCOP(OCCC#N)N(C(C)C)C(C)C. The number of nitriles is 2. The molecule has 0 aromatic heterocycles. The Morgan fingerprint density at radius 1 is 1.02 bits per heavy atom. The van der Waals surface area contributed by atoms with Crippen molar-refractivity contribution in [3.05, 3.63) is 41.5 Å². The predicted molar refractivity (Wildman–Crippen MR) is 204 cm³/mol. The Balaban J connectivity index is 1.78. The second kappa shape index (κ2) is 18.1. The molecule has 0 saturated heterocycles. The van der Waals surface area contributed by atoms with Crippen molar-refractivity contribution in [2.45, 2.75) is 97.7 Å². The smallest absolute Gasteiger partial charge is 0.259 e. The van der Waals surface area contributed by atoms with Crippen LogP contribution in [-0.4, -0.2) is 49.2 Å². The fraction of sp³-hybridized carbons (Fsp3) is 0.576. The van der Waals surface area contributed by atoms with Crippen molar-refractivity contribution in [3.8, 4) is 17.9 Å². The minimum Gasteiger partial charge on any atom is -0.494 e. The Labute approximate surface area is 304 Å². The van der Waals surface area contributed by atoms with Gasteiger partial charge in [0.15, 0.2) is 0 Å². The van der Waals surface area contributed by atoms with Crippen LogP contribution >= 0.6 is 54.3 Å². The summed E-state index contributed by atoms with van der Waals surface area (Å²) in [6, 6.07) is 14.6. The van der Waals surface area contributed by atoms with Gasteiger partial charge in [-0.1, -0.05) is 6.92 Å². The summed E-state index contributed by atoms with van der Waals surface area (Å²) in [6.45, 7) is 17.3. The summed E-state index contributed by atoms with van der Waals surface area (Å²) in [7, 11) is 0.412. The molecular formula is C33H46I2N7O3P. The van der Waals surface area contributed by atoms with Gasteiger partial charge in [-0.05, 0) is 96.6 Å². The molecule has 2 atom stereocenters. The zero-order valence-corrected chi connectivity index (χ0v) is 33.3. The van der Waals surface area contributed by atoms with E-state index in [1.807, 2.05) is 13.5 Å². The van der Waals surface area contributed by atoms with E-state index in [0.29, 0.717) is 48.2 Å². The van der Waals surface area contributed by atoms with E-state index in [2.05, 4.69) is 138 Å². The topological polar surface area (TPSA) is 110 Å². The first-order chi connectivity index (χ1) is 21.8. The third kappa shape index (κ3) is 10.1. The molecular weight excluding hydrogens is 827 g/mol. The molecule has 3 rings (SSSR count). The molecule has 0 saturated carbocycles. The van der Waals surface area contributed by atoms with Crippen molar-refractivity contribution < 1.29 is 13.8 Å². The van der Waals surface area contributed by atoms with Crippen molar-refractivity contribution in [1.82, 2.24) is 4.67 Å². The van der Waals surface area contributed by atoms with E-state index in [0.717, 1.165) is 37.2 Å². The largest absolute Gasteiger partial charge is 0.494 e. The highest BCUT2D eigenvalue weighted by molar-refractivity contribution is 14.2. The van der Waals surface area contributed by atoms with Crippen LogP contribution in [0.15, 0.2) is 40.6 Å². The molecule has 0 bridgehead atoms. The molecule has 13 heteroatoms. The van der Waals surface area contributed by atoms with Crippen LogP contribution < -0.4 is 11.0 Å². The number of halogens is 2.